The number of aryl methyl sites for hydroxylation is 2. The van der Waals surface area contributed by atoms with Crippen molar-refractivity contribution in [3.05, 3.63) is 52.4 Å². The molecule has 1 saturated carbocycles. The Bertz CT molecular complexity index is 820. The van der Waals surface area contributed by atoms with Crippen molar-refractivity contribution in [1.29, 1.82) is 5.26 Å². The van der Waals surface area contributed by atoms with Gasteiger partial charge in [-0.05, 0) is 50.5 Å². The number of nitriles is 1. The number of carbonyl (C=O) groups is 1. The highest BCUT2D eigenvalue weighted by molar-refractivity contribution is 6.01. The van der Waals surface area contributed by atoms with Gasteiger partial charge in [0.05, 0.1) is 11.3 Å². The van der Waals surface area contributed by atoms with Crippen LogP contribution >= 0.6 is 0 Å². The molecule has 1 aromatic carbocycles. The SMILES string of the molecule is Cc1noc(C)c1COc1ccc(/C=C(/C#N)C(=O)NC2CC2)cc1. The number of nitrogens with zero attached hydrogens (tertiary/aromatic N) is 2. The lowest BCUT2D eigenvalue weighted by molar-refractivity contribution is -0.117. The molecule has 0 aliphatic heterocycles. The predicted octanol–water partition coefficient (Wildman–Crippen LogP) is 3.06. The topological polar surface area (TPSA) is 88.2 Å². The molecule has 0 bridgehead atoms. The van der Waals surface area contributed by atoms with Crippen LogP contribution in [0.5, 0.6) is 5.75 Å². The zero-order chi connectivity index (χ0) is 17.8. The third kappa shape index (κ3) is 4.27. The zero-order valence-electron chi connectivity index (χ0n) is 14.2. The highest BCUT2D eigenvalue weighted by Crippen LogP contribution is 2.21. The molecule has 1 fully saturated rings. The first kappa shape index (κ1) is 16.8. The summed E-state index contributed by atoms with van der Waals surface area (Å²) in [6, 6.07) is 9.41. The van der Waals surface area contributed by atoms with E-state index >= 15 is 0 Å². The fraction of sp³-hybridized carbons (Fsp3) is 0.316. The van der Waals surface area contributed by atoms with Crippen LogP contribution < -0.4 is 10.1 Å². The van der Waals surface area contributed by atoms with Gasteiger partial charge in [-0.3, -0.25) is 4.79 Å². The van der Waals surface area contributed by atoms with E-state index in [4.69, 9.17) is 14.5 Å². The maximum Gasteiger partial charge on any atom is 0.262 e. The molecular formula is C19H19N3O3. The molecule has 0 spiro atoms. The standard InChI is InChI=1S/C19H19N3O3/c1-12-18(13(2)25-22-12)11-24-17-7-3-14(4-8-17)9-15(10-20)19(23)21-16-5-6-16/h3-4,7-9,16H,5-6,11H2,1-2H3,(H,21,23)/b15-9-. The molecule has 6 heteroatoms. The highest BCUT2D eigenvalue weighted by atomic mass is 16.5. The largest absolute Gasteiger partial charge is 0.489 e. The van der Waals surface area contributed by atoms with E-state index in [2.05, 4.69) is 10.5 Å². The van der Waals surface area contributed by atoms with Crippen LogP contribution in [0.3, 0.4) is 0 Å². The molecule has 0 atom stereocenters. The van der Waals surface area contributed by atoms with E-state index in [-0.39, 0.29) is 17.5 Å². The summed E-state index contributed by atoms with van der Waals surface area (Å²) < 4.78 is 10.8. The fourth-order valence-electron chi connectivity index (χ4n) is 2.33. The average molecular weight is 337 g/mol. The Morgan fingerprint density at radius 3 is 2.68 bits per heavy atom. The Balaban J connectivity index is 1.64. The van der Waals surface area contributed by atoms with Crippen LogP contribution in [0.15, 0.2) is 34.4 Å². The van der Waals surface area contributed by atoms with Crippen LogP contribution in [0.1, 0.15) is 35.4 Å². The minimum atomic E-state index is -0.316. The summed E-state index contributed by atoms with van der Waals surface area (Å²) in [5.74, 6) is 1.12. The molecule has 1 N–H and O–H groups in total. The molecule has 128 valence electrons. The fourth-order valence-corrected chi connectivity index (χ4v) is 2.33. The summed E-state index contributed by atoms with van der Waals surface area (Å²) in [4.78, 5) is 12.0. The van der Waals surface area contributed by atoms with Crippen LogP contribution in [0, 0.1) is 25.2 Å². The zero-order valence-corrected chi connectivity index (χ0v) is 14.2. The number of rotatable bonds is 6. The van der Waals surface area contributed by atoms with E-state index in [1.165, 1.54) is 0 Å². The summed E-state index contributed by atoms with van der Waals surface area (Å²) in [5.41, 5.74) is 2.63. The number of ether oxygens (including phenoxy) is 1. The number of carbonyl (C=O) groups excluding carboxylic acids is 1. The summed E-state index contributed by atoms with van der Waals surface area (Å²) in [6.45, 7) is 4.10. The third-order valence-corrected chi connectivity index (χ3v) is 4.03. The van der Waals surface area contributed by atoms with Gasteiger partial charge in [0.1, 0.15) is 29.8 Å². The lowest BCUT2D eigenvalue weighted by Crippen LogP contribution is -2.26. The normalized spacial score (nSPS) is 14.0. The van der Waals surface area contributed by atoms with Gasteiger partial charge in [0.15, 0.2) is 0 Å². The molecule has 0 saturated heterocycles. The average Bonchev–Trinajstić information content (AvgIpc) is 3.37. The molecule has 0 radical (unpaired) electrons. The van der Waals surface area contributed by atoms with E-state index in [0.29, 0.717) is 12.4 Å². The number of nitrogens with one attached hydrogen (secondary N) is 1. The monoisotopic (exact) mass is 337 g/mol. The van der Waals surface area contributed by atoms with Gasteiger partial charge in [0.25, 0.3) is 5.91 Å². The molecule has 25 heavy (non-hydrogen) atoms. The number of hydrogen-bond acceptors (Lipinski definition) is 5. The van der Waals surface area contributed by atoms with Gasteiger partial charge in [-0.15, -0.1) is 0 Å². The van der Waals surface area contributed by atoms with E-state index in [0.717, 1.165) is 35.4 Å². The number of hydrogen-bond donors (Lipinski definition) is 1. The summed E-state index contributed by atoms with van der Waals surface area (Å²) in [7, 11) is 0. The lowest BCUT2D eigenvalue weighted by Gasteiger charge is -2.06. The van der Waals surface area contributed by atoms with E-state index in [9.17, 15) is 4.79 Å². The van der Waals surface area contributed by atoms with Crippen LogP contribution in [0.2, 0.25) is 0 Å². The first-order valence-electron chi connectivity index (χ1n) is 8.14. The van der Waals surface area contributed by atoms with E-state index in [1.54, 1.807) is 18.2 Å². The summed E-state index contributed by atoms with van der Waals surface area (Å²) >= 11 is 0. The van der Waals surface area contributed by atoms with Crippen LogP contribution in [0.25, 0.3) is 6.08 Å². The van der Waals surface area contributed by atoms with Gasteiger partial charge in [0, 0.05) is 6.04 Å². The van der Waals surface area contributed by atoms with Gasteiger partial charge in [-0.25, -0.2) is 0 Å². The number of aromatic nitrogens is 1. The second-order valence-corrected chi connectivity index (χ2v) is 6.08. The molecular weight excluding hydrogens is 318 g/mol. The minimum Gasteiger partial charge on any atom is -0.489 e. The molecule has 1 amide bonds. The Morgan fingerprint density at radius 1 is 1.40 bits per heavy atom. The molecule has 6 nitrogen and oxygen atoms in total. The maximum atomic E-state index is 12.0. The van der Waals surface area contributed by atoms with Crippen molar-refractivity contribution >= 4 is 12.0 Å². The number of benzene rings is 1. The smallest absolute Gasteiger partial charge is 0.262 e. The quantitative estimate of drug-likeness (QED) is 0.646. The Morgan fingerprint density at radius 2 is 2.12 bits per heavy atom. The molecule has 1 aliphatic rings. The van der Waals surface area contributed by atoms with Crippen LogP contribution in [0.4, 0.5) is 0 Å². The Hall–Kier alpha value is -3.07. The number of amides is 1. The van der Waals surface area contributed by atoms with Crippen molar-refractivity contribution in [2.75, 3.05) is 0 Å². The second-order valence-electron chi connectivity index (χ2n) is 6.08. The van der Waals surface area contributed by atoms with Crippen molar-refractivity contribution in [2.45, 2.75) is 39.3 Å². The van der Waals surface area contributed by atoms with Crippen molar-refractivity contribution in [2.24, 2.45) is 0 Å². The summed E-state index contributed by atoms with van der Waals surface area (Å²) in [6.07, 6.45) is 3.55. The minimum absolute atomic E-state index is 0.108. The Kier molecular flexibility index (Phi) is 4.85. The molecule has 1 aliphatic carbocycles. The maximum absolute atomic E-state index is 12.0. The van der Waals surface area contributed by atoms with Crippen molar-refractivity contribution in [3.8, 4) is 11.8 Å². The highest BCUT2D eigenvalue weighted by Gasteiger charge is 2.24. The van der Waals surface area contributed by atoms with Crippen molar-refractivity contribution < 1.29 is 14.1 Å². The molecule has 0 unspecified atom stereocenters. The predicted molar refractivity (Wildman–Crippen MR) is 91.5 cm³/mol. The molecule has 1 aromatic heterocycles. The van der Waals surface area contributed by atoms with Crippen LogP contribution in [-0.4, -0.2) is 17.1 Å². The van der Waals surface area contributed by atoms with Gasteiger partial charge >= 0.3 is 0 Å². The first-order valence-corrected chi connectivity index (χ1v) is 8.14. The third-order valence-electron chi connectivity index (χ3n) is 4.03. The lowest BCUT2D eigenvalue weighted by atomic mass is 10.1. The van der Waals surface area contributed by atoms with E-state index in [1.807, 2.05) is 32.0 Å². The molecule has 2 aromatic rings. The Labute approximate surface area is 146 Å². The molecule has 3 rings (SSSR count). The summed E-state index contributed by atoms with van der Waals surface area (Å²) in [5, 5.41) is 15.9. The van der Waals surface area contributed by atoms with Crippen molar-refractivity contribution in [3.63, 3.8) is 0 Å². The first-order chi connectivity index (χ1) is 12.1. The van der Waals surface area contributed by atoms with Gasteiger partial charge in [0.2, 0.25) is 0 Å². The van der Waals surface area contributed by atoms with Gasteiger partial charge in [-0.2, -0.15) is 5.26 Å². The van der Waals surface area contributed by atoms with Gasteiger partial charge < -0.3 is 14.6 Å². The van der Waals surface area contributed by atoms with Crippen molar-refractivity contribution in [1.82, 2.24) is 10.5 Å². The van der Waals surface area contributed by atoms with Crippen LogP contribution in [-0.2, 0) is 11.4 Å². The van der Waals surface area contributed by atoms with E-state index < -0.39 is 0 Å². The molecule has 1 heterocycles. The van der Waals surface area contributed by atoms with Gasteiger partial charge in [-0.1, -0.05) is 17.3 Å². The second kappa shape index (κ2) is 7.22.